The standard InChI is InChI=1S/C19H19Cl2N5OS/c1-12-4-3-5-14(8-12)23-18(27)11-28-19-25-24-17(26(19)2)10-22-16-9-13(20)6-7-15(16)21/h3-9,22H,10-11H2,1-2H3,(H,23,27). The second-order valence-corrected chi connectivity index (χ2v) is 7.93. The minimum Gasteiger partial charge on any atom is -0.376 e. The Kier molecular flexibility index (Phi) is 6.83. The Hall–Kier alpha value is -2.22. The van der Waals surface area contributed by atoms with E-state index in [0.29, 0.717) is 21.7 Å². The van der Waals surface area contributed by atoms with Crippen LogP contribution in [0.15, 0.2) is 47.6 Å². The van der Waals surface area contributed by atoms with Gasteiger partial charge in [0, 0.05) is 17.8 Å². The van der Waals surface area contributed by atoms with Gasteiger partial charge in [-0.2, -0.15) is 0 Å². The molecule has 0 unspecified atom stereocenters. The summed E-state index contributed by atoms with van der Waals surface area (Å²) in [5.74, 6) is 0.870. The fourth-order valence-electron chi connectivity index (χ4n) is 2.48. The third-order valence-electron chi connectivity index (χ3n) is 3.92. The maximum absolute atomic E-state index is 12.2. The average molecular weight is 436 g/mol. The summed E-state index contributed by atoms with van der Waals surface area (Å²) in [6, 6.07) is 12.9. The molecule has 1 amide bonds. The molecule has 6 nitrogen and oxygen atoms in total. The van der Waals surface area contributed by atoms with Gasteiger partial charge in [-0.3, -0.25) is 4.79 Å². The van der Waals surface area contributed by atoms with Crippen LogP contribution in [-0.4, -0.2) is 26.4 Å². The highest BCUT2D eigenvalue weighted by Crippen LogP contribution is 2.26. The number of anilines is 2. The Bertz CT molecular complexity index is 992. The highest BCUT2D eigenvalue weighted by Gasteiger charge is 2.12. The maximum atomic E-state index is 12.2. The van der Waals surface area contributed by atoms with E-state index in [4.69, 9.17) is 23.2 Å². The van der Waals surface area contributed by atoms with Crippen molar-refractivity contribution in [2.45, 2.75) is 18.6 Å². The second-order valence-electron chi connectivity index (χ2n) is 6.14. The zero-order chi connectivity index (χ0) is 20.1. The van der Waals surface area contributed by atoms with E-state index < -0.39 is 0 Å². The second kappa shape index (κ2) is 9.32. The van der Waals surface area contributed by atoms with Gasteiger partial charge in [0.15, 0.2) is 11.0 Å². The number of hydrogen-bond acceptors (Lipinski definition) is 5. The van der Waals surface area contributed by atoms with Crippen molar-refractivity contribution < 1.29 is 4.79 Å². The molecule has 0 spiro atoms. The fraction of sp³-hybridized carbons (Fsp3) is 0.211. The lowest BCUT2D eigenvalue weighted by Crippen LogP contribution is -2.14. The topological polar surface area (TPSA) is 71.8 Å². The quantitative estimate of drug-likeness (QED) is 0.522. The summed E-state index contributed by atoms with van der Waals surface area (Å²) >= 11 is 13.5. The van der Waals surface area contributed by atoms with Gasteiger partial charge in [0.05, 0.1) is 23.0 Å². The average Bonchev–Trinajstić information content (AvgIpc) is 3.00. The number of aryl methyl sites for hydroxylation is 1. The summed E-state index contributed by atoms with van der Waals surface area (Å²) in [6.07, 6.45) is 0. The summed E-state index contributed by atoms with van der Waals surface area (Å²) in [5.41, 5.74) is 2.60. The maximum Gasteiger partial charge on any atom is 0.234 e. The number of rotatable bonds is 7. The lowest BCUT2D eigenvalue weighted by molar-refractivity contribution is -0.113. The summed E-state index contributed by atoms with van der Waals surface area (Å²) in [4.78, 5) is 12.2. The minimum absolute atomic E-state index is 0.0935. The van der Waals surface area contributed by atoms with Crippen molar-refractivity contribution in [2.24, 2.45) is 7.05 Å². The number of thioether (sulfide) groups is 1. The molecule has 0 fully saturated rings. The van der Waals surface area contributed by atoms with Crippen molar-refractivity contribution in [3.8, 4) is 0 Å². The highest BCUT2D eigenvalue weighted by molar-refractivity contribution is 7.99. The van der Waals surface area contributed by atoms with Crippen molar-refractivity contribution in [1.29, 1.82) is 0 Å². The Labute approximate surface area is 177 Å². The summed E-state index contributed by atoms with van der Waals surface area (Å²) < 4.78 is 1.84. The van der Waals surface area contributed by atoms with Gasteiger partial charge in [0.2, 0.25) is 5.91 Å². The molecule has 0 bridgehead atoms. The van der Waals surface area contributed by atoms with Gasteiger partial charge in [-0.25, -0.2) is 0 Å². The monoisotopic (exact) mass is 435 g/mol. The minimum atomic E-state index is -0.0935. The van der Waals surface area contributed by atoms with Crippen LogP contribution in [0.1, 0.15) is 11.4 Å². The van der Waals surface area contributed by atoms with Gasteiger partial charge < -0.3 is 15.2 Å². The molecule has 2 N–H and O–H groups in total. The first kappa shape index (κ1) is 20.5. The van der Waals surface area contributed by atoms with Crippen LogP contribution in [0.3, 0.4) is 0 Å². The summed E-state index contributed by atoms with van der Waals surface area (Å²) in [6.45, 7) is 2.41. The van der Waals surface area contributed by atoms with Gasteiger partial charge in [-0.05, 0) is 42.8 Å². The van der Waals surface area contributed by atoms with Gasteiger partial charge >= 0.3 is 0 Å². The third-order valence-corrected chi connectivity index (χ3v) is 5.51. The molecule has 3 rings (SSSR count). The Balaban J connectivity index is 1.55. The van der Waals surface area contributed by atoms with E-state index in [2.05, 4.69) is 20.8 Å². The van der Waals surface area contributed by atoms with Crippen LogP contribution in [0, 0.1) is 6.92 Å². The summed E-state index contributed by atoms with van der Waals surface area (Å²) in [7, 11) is 1.86. The first-order valence-corrected chi connectivity index (χ1v) is 10.2. The smallest absolute Gasteiger partial charge is 0.234 e. The molecule has 2 aromatic carbocycles. The van der Waals surface area contributed by atoms with E-state index in [0.717, 1.165) is 22.8 Å². The molecule has 0 aliphatic rings. The van der Waals surface area contributed by atoms with Crippen LogP contribution in [0.25, 0.3) is 0 Å². The Morgan fingerprint density at radius 3 is 2.79 bits per heavy atom. The van der Waals surface area contributed by atoms with Crippen LogP contribution in [-0.2, 0) is 18.4 Å². The van der Waals surface area contributed by atoms with Crippen molar-refractivity contribution >= 4 is 52.2 Å². The predicted molar refractivity (Wildman–Crippen MR) is 115 cm³/mol. The van der Waals surface area contributed by atoms with Gasteiger partial charge in [-0.1, -0.05) is 47.1 Å². The molecule has 0 saturated carbocycles. The number of amides is 1. The Morgan fingerprint density at radius 1 is 1.18 bits per heavy atom. The molecule has 146 valence electrons. The molecule has 3 aromatic rings. The molecule has 0 radical (unpaired) electrons. The van der Waals surface area contributed by atoms with Gasteiger partial charge in [0.25, 0.3) is 0 Å². The number of benzene rings is 2. The van der Waals surface area contributed by atoms with Crippen LogP contribution in [0.2, 0.25) is 10.0 Å². The molecule has 1 heterocycles. The summed E-state index contributed by atoms with van der Waals surface area (Å²) in [5, 5.41) is 16.3. The third kappa shape index (κ3) is 5.41. The molecule has 0 atom stereocenters. The zero-order valence-electron chi connectivity index (χ0n) is 15.4. The number of aromatic nitrogens is 3. The highest BCUT2D eigenvalue weighted by atomic mass is 35.5. The molecule has 0 saturated heterocycles. The molecular formula is C19H19Cl2N5OS. The fourth-order valence-corrected chi connectivity index (χ4v) is 3.57. The molecular weight excluding hydrogens is 417 g/mol. The zero-order valence-corrected chi connectivity index (χ0v) is 17.7. The van der Waals surface area contributed by atoms with E-state index >= 15 is 0 Å². The van der Waals surface area contributed by atoms with Gasteiger partial charge in [-0.15, -0.1) is 10.2 Å². The van der Waals surface area contributed by atoms with E-state index in [-0.39, 0.29) is 11.7 Å². The van der Waals surface area contributed by atoms with Crippen molar-refractivity contribution in [2.75, 3.05) is 16.4 Å². The molecule has 0 aliphatic heterocycles. The van der Waals surface area contributed by atoms with Crippen LogP contribution >= 0.6 is 35.0 Å². The van der Waals surface area contributed by atoms with Crippen LogP contribution in [0.5, 0.6) is 0 Å². The van der Waals surface area contributed by atoms with Crippen molar-refractivity contribution in [3.63, 3.8) is 0 Å². The number of carbonyl (C=O) groups is 1. The number of carbonyl (C=O) groups excluding carboxylic acids is 1. The van der Waals surface area contributed by atoms with Crippen LogP contribution in [0.4, 0.5) is 11.4 Å². The van der Waals surface area contributed by atoms with E-state index in [9.17, 15) is 4.79 Å². The normalized spacial score (nSPS) is 10.7. The first-order chi connectivity index (χ1) is 13.4. The SMILES string of the molecule is Cc1cccc(NC(=O)CSc2nnc(CNc3cc(Cl)ccc3Cl)n2C)c1. The Morgan fingerprint density at radius 2 is 2.00 bits per heavy atom. The number of nitrogens with one attached hydrogen (secondary N) is 2. The van der Waals surface area contributed by atoms with Crippen LogP contribution < -0.4 is 10.6 Å². The molecule has 0 aliphatic carbocycles. The number of halogens is 2. The molecule has 28 heavy (non-hydrogen) atoms. The van der Waals surface area contributed by atoms with Crippen molar-refractivity contribution in [1.82, 2.24) is 14.8 Å². The number of nitrogens with zero attached hydrogens (tertiary/aromatic N) is 3. The molecule has 9 heteroatoms. The number of hydrogen-bond donors (Lipinski definition) is 2. The lowest BCUT2D eigenvalue weighted by atomic mass is 10.2. The van der Waals surface area contributed by atoms with Crippen molar-refractivity contribution in [3.05, 3.63) is 63.9 Å². The lowest BCUT2D eigenvalue weighted by Gasteiger charge is -2.09. The largest absolute Gasteiger partial charge is 0.376 e. The van der Waals surface area contributed by atoms with E-state index in [1.54, 1.807) is 18.2 Å². The van der Waals surface area contributed by atoms with E-state index in [1.807, 2.05) is 42.8 Å². The first-order valence-electron chi connectivity index (χ1n) is 8.49. The predicted octanol–water partition coefficient (Wildman–Crippen LogP) is 4.77. The van der Waals surface area contributed by atoms with E-state index in [1.165, 1.54) is 11.8 Å². The van der Waals surface area contributed by atoms with Gasteiger partial charge in [0.1, 0.15) is 0 Å². The molecule has 1 aromatic heterocycles.